The number of hydrogen-bond acceptors (Lipinski definition) is 5. The third-order valence-corrected chi connectivity index (χ3v) is 6.57. The Bertz CT molecular complexity index is 2040. The van der Waals surface area contributed by atoms with E-state index in [-0.39, 0.29) is 11.4 Å². The predicted molar refractivity (Wildman–Crippen MR) is 143 cm³/mol. The number of halogens is 1. The largest absolute Gasteiger partial charge is 0.304 e. The first-order chi connectivity index (χ1) is 18.6. The summed E-state index contributed by atoms with van der Waals surface area (Å²) in [6, 6.07) is 25.3. The van der Waals surface area contributed by atoms with Gasteiger partial charge in [-0.15, -0.1) is 0 Å². The summed E-state index contributed by atoms with van der Waals surface area (Å²) in [6.07, 6.45) is 1.51. The maximum Gasteiger partial charge on any atom is 0.270 e. The molecule has 0 spiro atoms. The molecule has 0 aliphatic rings. The van der Waals surface area contributed by atoms with E-state index in [1.54, 1.807) is 16.8 Å². The molecule has 0 atom stereocenters. The van der Waals surface area contributed by atoms with E-state index >= 15 is 0 Å². The highest BCUT2D eigenvalue weighted by Gasteiger charge is 2.22. The van der Waals surface area contributed by atoms with Gasteiger partial charge >= 0.3 is 0 Å². The number of benzene rings is 3. The van der Waals surface area contributed by atoms with E-state index in [1.165, 1.54) is 23.0 Å². The first kappa shape index (κ1) is 22.1. The number of aromatic nitrogens is 7. The first-order valence-electron chi connectivity index (χ1n) is 12.1. The molecule has 7 rings (SSSR count). The zero-order valence-corrected chi connectivity index (χ0v) is 20.3. The van der Waals surface area contributed by atoms with Crippen molar-refractivity contribution in [3.05, 3.63) is 119 Å². The Morgan fingerprint density at radius 3 is 2.32 bits per heavy atom. The first-order valence-corrected chi connectivity index (χ1v) is 12.1. The lowest BCUT2D eigenvalue weighted by Gasteiger charge is -2.10. The quantitative estimate of drug-likeness (QED) is 0.340. The van der Waals surface area contributed by atoms with E-state index in [1.807, 2.05) is 72.2 Å². The molecule has 4 aromatic heterocycles. The van der Waals surface area contributed by atoms with E-state index in [2.05, 4.69) is 5.10 Å². The van der Waals surface area contributed by atoms with Crippen LogP contribution in [0.25, 0.3) is 44.7 Å². The predicted octanol–water partition coefficient (Wildman–Crippen LogP) is 4.97. The molecular formula is C29H20FN7O. The standard InChI is InChI=1S/C29H20FN7O/c1-18-15-24(37(34-18)21-7-3-2-4-8-21)36-17-31-27-25(29(36)38)26-28(33-23-10-6-5-9-22(23)32-26)35(27)16-19-11-13-20(30)14-12-19/h2-15,17H,16H2,1H3. The normalized spacial score (nSPS) is 11.6. The number of para-hydroxylation sites is 3. The molecule has 4 heterocycles. The molecule has 0 saturated carbocycles. The van der Waals surface area contributed by atoms with Crippen molar-refractivity contribution < 1.29 is 4.39 Å². The van der Waals surface area contributed by atoms with Crippen LogP contribution in [0.4, 0.5) is 4.39 Å². The van der Waals surface area contributed by atoms with Gasteiger partial charge in [-0.25, -0.2) is 28.6 Å². The summed E-state index contributed by atoms with van der Waals surface area (Å²) in [5, 5.41) is 4.98. The van der Waals surface area contributed by atoms with Crippen LogP contribution in [0.3, 0.4) is 0 Å². The van der Waals surface area contributed by atoms with Gasteiger partial charge in [0.1, 0.15) is 28.9 Å². The number of fused-ring (bicyclic) bond motifs is 4. The van der Waals surface area contributed by atoms with Crippen molar-refractivity contribution in [2.24, 2.45) is 0 Å². The molecule has 8 nitrogen and oxygen atoms in total. The van der Waals surface area contributed by atoms with E-state index in [0.29, 0.717) is 45.6 Å². The van der Waals surface area contributed by atoms with Crippen LogP contribution in [0.1, 0.15) is 11.3 Å². The van der Waals surface area contributed by atoms with Crippen LogP contribution in [-0.4, -0.2) is 33.9 Å². The molecule has 0 aliphatic heterocycles. The van der Waals surface area contributed by atoms with Crippen molar-refractivity contribution in [1.29, 1.82) is 0 Å². The monoisotopic (exact) mass is 501 g/mol. The maximum atomic E-state index is 14.1. The van der Waals surface area contributed by atoms with Gasteiger partial charge in [-0.1, -0.05) is 42.5 Å². The van der Waals surface area contributed by atoms with Gasteiger partial charge < -0.3 is 4.57 Å². The Kier molecular flexibility index (Phi) is 4.90. The van der Waals surface area contributed by atoms with Crippen LogP contribution < -0.4 is 5.56 Å². The average molecular weight is 502 g/mol. The van der Waals surface area contributed by atoms with Crippen molar-refractivity contribution in [2.45, 2.75) is 13.5 Å². The Balaban J connectivity index is 1.52. The molecule has 0 aliphatic carbocycles. The van der Waals surface area contributed by atoms with Gasteiger partial charge in [0.2, 0.25) is 0 Å². The fourth-order valence-electron chi connectivity index (χ4n) is 4.81. The van der Waals surface area contributed by atoms with Gasteiger partial charge in [0, 0.05) is 6.07 Å². The minimum Gasteiger partial charge on any atom is -0.304 e. The fraction of sp³-hybridized carbons (Fsp3) is 0.0690. The molecule has 0 fully saturated rings. The van der Waals surface area contributed by atoms with Crippen LogP contribution in [0, 0.1) is 12.7 Å². The van der Waals surface area contributed by atoms with E-state index in [0.717, 1.165) is 16.9 Å². The van der Waals surface area contributed by atoms with Gasteiger partial charge in [-0.3, -0.25) is 4.79 Å². The van der Waals surface area contributed by atoms with Crippen LogP contribution in [0.2, 0.25) is 0 Å². The number of rotatable bonds is 4. The Labute approximate surface area is 215 Å². The minimum atomic E-state index is -0.312. The molecule has 7 aromatic rings. The van der Waals surface area contributed by atoms with Crippen LogP contribution >= 0.6 is 0 Å². The third kappa shape index (κ3) is 3.47. The van der Waals surface area contributed by atoms with E-state index in [9.17, 15) is 9.18 Å². The molecule has 9 heteroatoms. The second-order valence-corrected chi connectivity index (χ2v) is 9.11. The molecule has 0 unspecified atom stereocenters. The minimum absolute atomic E-state index is 0.278. The average Bonchev–Trinajstić information content (AvgIpc) is 3.47. The topological polar surface area (TPSA) is 83.4 Å². The zero-order chi connectivity index (χ0) is 25.8. The lowest BCUT2D eigenvalue weighted by molar-refractivity contribution is 0.626. The summed E-state index contributed by atoms with van der Waals surface area (Å²) >= 11 is 0. The van der Waals surface area contributed by atoms with Gasteiger partial charge in [0.15, 0.2) is 11.3 Å². The van der Waals surface area contributed by atoms with Crippen molar-refractivity contribution in [3.8, 4) is 11.5 Å². The van der Waals surface area contributed by atoms with Gasteiger partial charge in [-0.05, 0) is 48.9 Å². The molecule has 0 N–H and O–H groups in total. The molecule has 0 bridgehead atoms. The Morgan fingerprint density at radius 2 is 1.55 bits per heavy atom. The fourth-order valence-corrected chi connectivity index (χ4v) is 4.81. The Morgan fingerprint density at radius 1 is 0.842 bits per heavy atom. The van der Waals surface area contributed by atoms with E-state index in [4.69, 9.17) is 15.0 Å². The lowest BCUT2D eigenvalue weighted by Crippen LogP contribution is -2.21. The second-order valence-electron chi connectivity index (χ2n) is 9.11. The summed E-state index contributed by atoms with van der Waals surface area (Å²) in [7, 11) is 0. The molecule has 0 amide bonds. The van der Waals surface area contributed by atoms with Crippen LogP contribution in [0.15, 0.2) is 96.1 Å². The molecule has 3 aromatic carbocycles. The van der Waals surface area contributed by atoms with Crippen molar-refractivity contribution in [3.63, 3.8) is 0 Å². The number of aryl methyl sites for hydroxylation is 1. The summed E-state index contributed by atoms with van der Waals surface area (Å²) < 4.78 is 18.7. The summed E-state index contributed by atoms with van der Waals surface area (Å²) in [4.78, 5) is 28.6. The SMILES string of the molecule is Cc1cc(-n2cnc3c(c2=O)c2nc4ccccc4nc2n3Cc2ccc(F)cc2)n(-c2ccccc2)n1. The number of nitrogens with zero attached hydrogens (tertiary/aromatic N) is 7. The van der Waals surface area contributed by atoms with Crippen molar-refractivity contribution in [2.75, 3.05) is 0 Å². The molecule has 38 heavy (non-hydrogen) atoms. The van der Waals surface area contributed by atoms with Crippen molar-refractivity contribution >= 4 is 33.2 Å². The highest BCUT2D eigenvalue weighted by Crippen LogP contribution is 2.27. The van der Waals surface area contributed by atoms with Crippen LogP contribution in [-0.2, 0) is 6.54 Å². The molecular weight excluding hydrogens is 481 g/mol. The van der Waals surface area contributed by atoms with Gasteiger partial charge in [0.25, 0.3) is 5.56 Å². The van der Waals surface area contributed by atoms with Crippen LogP contribution in [0.5, 0.6) is 0 Å². The second kappa shape index (κ2) is 8.45. The number of hydrogen-bond donors (Lipinski definition) is 0. The molecule has 0 radical (unpaired) electrons. The van der Waals surface area contributed by atoms with Gasteiger partial charge in [-0.2, -0.15) is 5.10 Å². The molecule has 0 saturated heterocycles. The smallest absolute Gasteiger partial charge is 0.270 e. The maximum absolute atomic E-state index is 14.1. The van der Waals surface area contributed by atoms with Gasteiger partial charge in [0.05, 0.1) is 29.0 Å². The summed E-state index contributed by atoms with van der Waals surface area (Å²) in [6.45, 7) is 2.23. The van der Waals surface area contributed by atoms with E-state index < -0.39 is 0 Å². The Hall–Kier alpha value is -5.18. The summed E-state index contributed by atoms with van der Waals surface area (Å²) in [5.74, 6) is 0.259. The highest BCUT2D eigenvalue weighted by molar-refractivity contribution is 6.04. The molecule has 184 valence electrons. The summed E-state index contributed by atoms with van der Waals surface area (Å²) in [5.41, 5.74) is 5.02. The zero-order valence-electron chi connectivity index (χ0n) is 20.3. The lowest BCUT2D eigenvalue weighted by atomic mass is 10.2. The third-order valence-electron chi connectivity index (χ3n) is 6.57. The van der Waals surface area contributed by atoms with Crippen molar-refractivity contribution in [1.82, 2.24) is 33.9 Å². The highest BCUT2D eigenvalue weighted by atomic mass is 19.1.